The fraction of sp³-hybridized carbons (Fsp3) is 0.217. The molecule has 0 saturated carbocycles. The van der Waals surface area contributed by atoms with Crippen molar-refractivity contribution in [3.63, 3.8) is 0 Å². The molecule has 1 amide bonds. The number of ether oxygens (including phenoxy) is 2. The maximum atomic E-state index is 12.6. The number of rotatable bonds is 7. The first-order valence-electron chi connectivity index (χ1n) is 9.30. The van der Waals surface area contributed by atoms with Gasteiger partial charge in [-0.1, -0.05) is 42.5 Å². The lowest BCUT2D eigenvalue weighted by molar-refractivity contribution is 0.0930. The first-order chi connectivity index (χ1) is 14.0. The predicted octanol–water partition coefficient (Wildman–Crippen LogP) is 3.46. The highest BCUT2D eigenvalue weighted by Gasteiger charge is 2.16. The SMILES string of the molecule is COc1cccc(COc2cn(C)c(C(=O)NC(C)c3ccccc3)cc2=O)c1. The highest BCUT2D eigenvalue weighted by molar-refractivity contribution is 5.92. The predicted molar refractivity (Wildman–Crippen MR) is 111 cm³/mol. The molecule has 0 saturated heterocycles. The average molecular weight is 392 g/mol. The van der Waals surface area contributed by atoms with E-state index in [-0.39, 0.29) is 35.4 Å². The van der Waals surface area contributed by atoms with Gasteiger partial charge in [0.05, 0.1) is 19.3 Å². The van der Waals surface area contributed by atoms with E-state index in [0.717, 1.165) is 16.9 Å². The Bertz CT molecular complexity index is 1040. The molecule has 0 spiro atoms. The van der Waals surface area contributed by atoms with Crippen LogP contribution in [0.5, 0.6) is 11.5 Å². The standard InChI is InChI=1S/C23H24N2O4/c1-16(18-9-5-4-6-10-18)24-23(27)20-13-21(26)22(14-25(20)2)29-15-17-8-7-11-19(12-17)28-3/h4-14,16H,15H2,1-3H3,(H,24,27). The number of benzene rings is 2. The molecule has 0 aliphatic rings. The van der Waals surface area contributed by atoms with Gasteiger partial charge in [0.25, 0.3) is 5.91 Å². The number of aromatic nitrogens is 1. The molecule has 150 valence electrons. The number of amides is 1. The summed E-state index contributed by atoms with van der Waals surface area (Å²) in [7, 11) is 3.30. The van der Waals surface area contributed by atoms with Gasteiger partial charge in [0.2, 0.25) is 5.43 Å². The minimum absolute atomic E-state index is 0.178. The van der Waals surface area contributed by atoms with Crippen molar-refractivity contribution in [1.29, 1.82) is 0 Å². The van der Waals surface area contributed by atoms with E-state index in [9.17, 15) is 9.59 Å². The van der Waals surface area contributed by atoms with Gasteiger partial charge in [-0.05, 0) is 30.2 Å². The Hall–Kier alpha value is -3.54. The minimum atomic E-state index is -0.344. The van der Waals surface area contributed by atoms with Gasteiger partial charge in [0.1, 0.15) is 18.1 Å². The van der Waals surface area contributed by atoms with E-state index < -0.39 is 0 Å². The summed E-state index contributed by atoms with van der Waals surface area (Å²) in [5.41, 5.74) is 1.80. The summed E-state index contributed by atoms with van der Waals surface area (Å²) in [4.78, 5) is 25.1. The number of carbonyl (C=O) groups is 1. The van der Waals surface area contributed by atoms with Crippen molar-refractivity contribution < 1.29 is 14.3 Å². The van der Waals surface area contributed by atoms with E-state index in [4.69, 9.17) is 9.47 Å². The van der Waals surface area contributed by atoms with E-state index in [1.54, 1.807) is 18.7 Å². The van der Waals surface area contributed by atoms with E-state index in [0.29, 0.717) is 0 Å². The van der Waals surface area contributed by atoms with Gasteiger partial charge in [-0.25, -0.2) is 0 Å². The normalized spacial score (nSPS) is 11.6. The van der Waals surface area contributed by atoms with Crippen LogP contribution in [0.4, 0.5) is 0 Å². The number of methoxy groups -OCH3 is 1. The minimum Gasteiger partial charge on any atom is -0.497 e. The summed E-state index contributed by atoms with van der Waals surface area (Å²) in [5.74, 6) is 0.585. The summed E-state index contributed by atoms with van der Waals surface area (Å²) in [6.45, 7) is 2.12. The molecule has 1 unspecified atom stereocenters. The van der Waals surface area contributed by atoms with Crippen LogP contribution in [-0.2, 0) is 13.7 Å². The van der Waals surface area contributed by atoms with Crippen molar-refractivity contribution in [3.8, 4) is 11.5 Å². The summed E-state index contributed by atoms with van der Waals surface area (Å²) >= 11 is 0. The third-order valence-electron chi connectivity index (χ3n) is 4.61. The molecule has 1 atom stereocenters. The summed E-state index contributed by atoms with van der Waals surface area (Å²) in [6, 6.07) is 18.2. The zero-order chi connectivity index (χ0) is 20.8. The molecule has 3 aromatic rings. The van der Waals surface area contributed by atoms with Crippen molar-refractivity contribution >= 4 is 5.91 Å². The van der Waals surface area contributed by atoms with Crippen LogP contribution in [0.15, 0.2) is 71.7 Å². The second kappa shape index (κ2) is 9.10. The van der Waals surface area contributed by atoms with Crippen LogP contribution < -0.4 is 20.2 Å². The molecule has 0 aliphatic carbocycles. The quantitative estimate of drug-likeness (QED) is 0.669. The smallest absolute Gasteiger partial charge is 0.268 e. The van der Waals surface area contributed by atoms with Crippen molar-refractivity contribution in [2.24, 2.45) is 7.05 Å². The van der Waals surface area contributed by atoms with E-state index in [1.165, 1.54) is 12.3 Å². The molecule has 1 heterocycles. The molecule has 2 aromatic carbocycles. The van der Waals surface area contributed by atoms with Gasteiger partial charge in [0, 0.05) is 13.1 Å². The largest absolute Gasteiger partial charge is 0.497 e. The highest BCUT2D eigenvalue weighted by atomic mass is 16.5. The number of hydrogen-bond donors (Lipinski definition) is 1. The Morgan fingerprint density at radius 3 is 2.59 bits per heavy atom. The van der Waals surface area contributed by atoms with Gasteiger partial charge in [-0.15, -0.1) is 0 Å². The van der Waals surface area contributed by atoms with Gasteiger partial charge in [-0.2, -0.15) is 0 Å². The Morgan fingerprint density at radius 1 is 1.10 bits per heavy atom. The molecule has 0 fully saturated rings. The number of pyridine rings is 1. The van der Waals surface area contributed by atoms with Gasteiger partial charge >= 0.3 is 0 Å². The zero-order valence-electron chi connectivity index (χ0n) is 16.7. The molecule has 6 nitrogen and oxygen atoms in total. The number of nitrogens with zero attached hydrogens (tertiary/aromatic N) is 1. The topological polar surface area (TPSA) is 69.6 Å². The van der Waals surface area contributed by atoms with Crippen LogP contribution in [0.1, 0.15) is 34.6 Å². The van der Waals surface area contributed by atoms with Gasteiger partial charge < -0.3 is 19.4 Å². The molecular formula is C23H24N2O4. The molecule has 3 rings (SSSR count). The van der Waals surface area contributed by atoms with Crippen LogP contribution in [0.25, 0.3) is 0 Å². The summed E-state index contributed by atoms with van der Waals surface area (Å²) in [6.07, 6.45) is 1.53. The van der Waals surface area contributed by atoms with Crippen LogP contribution in [0, 0.1) is 0 Å². The fourth-order valence-corrected chi connectivity index (χ4v) is 2.96. The van der Waals surface area contributed by atoms with Crippen LogP contribution >= 0.6 is 0 Å². The maximum absolute atomic E-state index is 12.6. The molecular weight excluding hydrogens is 368 g/mol. The summed E-state index contributed by atoms with van der Waals surface area (Å²) < 4.78 is 12.4. The third-order valence-corrected chi connectivity index (χ3v) is 4.61. The number of hydrogen-bond acceptors (Lipinski definition) is 4. The van der Waals surface area contributed by atoms with Crippen molar-refractivity contribution in [2.45, 2.75) is 19.6 Å². The van der Waals surface area contributed by atoms with E-state index in [2.05, 4.69) is 5.32 Å². The monoisotopic (exact) mass is 392 g/mol. The lowest BCUT2D eigenvalue weighted by atomic mass is 10.1. The molecule has 0 aliphatic heterocycles. The lowest BCUT2D eigenvalue weighted by Crippen LogP contribution is -2.30. The molecule has 0 bridgehead atoms. The van der Waals surface area contributed by atoms with Crippen molar-refractivity contribution in [3.05, 3.63) is 93.9 Å². The second-order valence-electron chi connectivity index (χ2n) is 6.74. The van der Waals surface area contributed by atoms with Crippen LogP contribution in [0.2, 0.25) is 0 Å². The maximum Gasteiger partial charge on any atom is 0.268 e. The first kappa shape index (κ1) is 20.2. The molecule has 29 heavy (non-hydrogen) atoms. The summed E-state index contributed by atoms with van der Waals surface area (Å²) in [5, 5.41) is 2.92. The van der Waals surface area contributed by atoms with Gasteiger partial charge in [0.15, 0.2) is 5.75 Å². The highest BCUT2D eigenvalue weighted by Crippen LogP contribution is 2.16. The van der Waals surface area contributed by atoms with Gasteiger partial charge in [-0.3, -0.25) is 9.59 Å². The second-order valence-corrected chi connectivity index (χ2v) is 6.74. The first-order valence-corrected chi connectivity index (χ1v) is 9.30. The molecule has 0 radical (unpaired) electrons. The lowest BCUT2D eigenvalue weighted by Gasteiger charge is -2.16. The third kappa shape index (κ3) is 5.04. The van der Waals surface area contributed by atoms with Crippen molar-refractivity contribution in [2.75, 3.05) is 7.11 Å². The molecule has 6 heteroatoms. The number of carbonyl (C=O) groups excluding carboxylic acids is 1. The Kier molecular flexibility index (Phi) is 6.34. The number of nitrogens with one attached hydrogen (secondary N) is 1. The number of aryl methyl sites for hydroxylation is 1. The van der Waals surface area contributed by atoms with Crippen molar-refractivity contribution in [1.82, 2.24) is 9.88 Å². The average Bonchev–Trinajstić information content (AvgIpc) is 2.74. The Balaban J connectivity index is 1.71. The van der Waals surface area contributed by atoms with E-state index in [1.807, 2.05) is 61.5 Å². The van der Waals surface area contributed by atoms with Crippen LogP contribution in [0.3, 0.4) is 0 Å². The van der Waals surface area contributed by atoms with Crippen LogP contribution in [-0.4, -0.2) is 17.6 Å². The Morgan fingerprint density at radius 2 is 1.86 bits per heavy atom. The molecule has 1 N–H and O–H groups in total. The molecule has 1 aromatic heterocycles. The van der Waals surface area contributed by atoms with E-state index >= 15 is 0 Å². The zero-order valence-corrected chi connectivity index (χ0v) is 16.7. The Labute approximate surface area is 169 Å². The fourth-order valence-electron chi connectivity index (χ4n) is 2.96.